The van der Waals surface area contributed by atoms with Gasteiger partial charge in [0, 0.05) is 43.5 Å². The van der Waals surface area contributed by atoms with E-state index in [2.05, 4.69) is 101 Å². The van der Waals surface area contributed by atoms with E-state index in [0.717, 1.165) is 94.1 Å². The van der Waals surface area contributed by atoms with Crippen molar-refractivity contribution in [3.05, 3.63) is 92.3 Å². The van der Waals surface area contributed by atoms with Crippen molar-refractivity contribution in [1.29, 1.82) is 0 Å². The quantitative estimate of drug-likeness (QED) is 0.129. The molecule has 2 saturated heterocycles. The SMILES string of the molecule is CC(C)(C)c1cc(OCCC2CCN(C(=O)OCc3cscn3)CC2)cc(C(C)(C)C)c1.CN(C)Cc1ccc(OCCC2CCN(C(=O)OCc3cscn3)CC2)cc1.O=C(O)C(F)(F)F. The molecule has 18 heteroatoms. The van der Waals surface area contributed by atoms with Crippen LogP contribution in [0.1, 0.15) is 108 Å². The first kappa shape index (κ1) is 54.7. The maximum atomic E-state index is 12.3. The molecule has 0 bridgehead atoms. The van der Waals surface area contributed by atoms with E-state index >= 15 is 0 Å². The van der Waals surface area contributed by atoms with Crippen molar-refractivity contribution in [2.24, 2.45) is 11.8 Å². The minimum Gasteiger partial charge on any atom is -0.494 e. The summed E-state index contributed by atoms with van der Waals surface area (Å²) in [6.07, 6.45) is 0.442. The summed E-state index contributed by atoms with van der Waals surface area (Å²) in [6.45, 7) is 19.3. The lowest BCUT2D eigenvalue weighted by molar-refractivity contribution is -0.192. The highest BCUT2D eigenvalue weighted by Crippen LogP contribution is 2.33. The number of amides is 2. The summed E-state index contributed by atoms with van der Waals surface area (Å²) in [5.41, 5.74) is 9.18. The second-order valence-corrected chi connectivity index (χ2v) is 20.6. The van der Waals surface area contributed by atoms with E-state index in [9.17, 15) is 22.8 Å². The van der Waals surface area contributed by atoms with Crippen LogP contribution in [0, 0.1) is 11.8 Å². The number of carbonyl (C=O) groups is 3. The van der Waals surface area contributed by atoms with Crippen molar-refractivity contribution < 1.29 is 51.6 Å². The molecule has 67 heavy (non-hydrogen) atoms. The van der Waals surface area contributed by atoms with E-state index in [0.29, 0.717) is 25.0 Å². The number of rotatable bonds is 14. The molecule has 4 heterocycles. The number of halogens is 3. The Hall–Kier alpha value is -4.94. The third-order valence-electron chi connectivity index (χ3n) is 11.3. The van der Waals surface area contributed by atoms with E-state index in [-0.39, 0.29) is 36.2 Å². The Morgan fingerprint density at radius 3 is 1.43 bits per heavy atom. The molecule has 2 aromatic heterocycles. The van der Waals surface area contributed by atoms with Crippen molar-refractivity contribution in [1.82, 2.24) is 24.7 Å². The number of aliphatic carboxylic acids is 1. The Bertz CT molecular complexity index is 2040. The first-order valence-corrected chi connectivity index (χ1v) is 24.5. The summed E-state index contributed by atoms with van der Waals surface area (Å²) in [4.78, 5) is 47.4. The third kappa shape index (κ3) is 20.1. The molecule has 0 atom stereocenters. The number of likely N-dealkylation sites (tertiary alicyclic amines) is 2. The maximum Gasteiger partial charge on any atom is 0.490 e. The van der Waals surface area contributed by atoms with Crippen LogP contribution in [0.15, 0.2) is 64.2 Å². The largest absolute Gasteiger partial charge is 0.494 e. The van der Waals surface area contributed by atoms with Crippen LogP contribution < -0.4 is 9.47 Å². The highest BCUT2D eigenvalue weighted by atomic mass is 32.1. The number of alkyl halides is 3. The smallest absolute Gasteiger partial charge is 0.490 e. The predicted octanol–water partition coefficient (Wildman–Crippen LogP) is 11.2. The summed E-state index contributed by atoms with van der Waals surface area (Å²) in [5.74, 6) is 0.296. The van der Waals surface area contributed by atoms with Gasteiger partial charge in [0.2, 0.25) is 0 Å². The molecule has 2 aliphatic rings. The summed E-state index contributed by atoms with van der Waals surface area (Å²) >= 11 is 3.01. The molecule has 6 rings (SSSR count). The van der Waals surface area contributed by atoms with Gasteiger partial charge in [0.1, 0.15) is 24.7 Å². The zero-order valence-electron chi connectivity index (χ0n) is 40.1. The van der Waals surface area contributed by atoms with E-state index in [4.69, 9.17) is 28.8 Å². The van der Waals surface area contributed by atoms with Crippen molar-refractivity contribution in [3.8, 4) is 11.5 Å². The van der Waals surface area contributed by atoms with Crippen LogP contribution in [0.3, 0.4) is 0 Å². The van der Waals surface area contributed by atoms with Gasteiger partial charge in [-0.1, -0.05) is 59.7 Å². The number of carboxylic acid groups (broad SMARTS) is 1. The Balaban J connectivity index is 0.000000258. The average Bonchev–Trinajstić information content (AvgIpc) is 4.01. The van der Waals surface area contributed by atoms with Gasteiger partial charge in [-0.05, 0) is 116 Å². The molecule has 0 saturated carbocycles. The van der Waals surface area contributed by atoms with Gasteiger partial charge >= 0.3 is 24.3 Å². The van der Waals surface area contributed by atoms with Crippen LogP contribution in [0.4, 0.5) is 22.8 Å². The average molecular weight is 976 g/mol. The van der Waals surface area contributed by atoms with Crippen molar-refractivity contribution >= 4 is 40.8 Å². The highest BCUT2D eigenvalue weighted by molar-refractivity contribution is 7.07. The number of nitrogens with zero attached hydrogens (tertiary/aromatic N) is 5. The fourth-order valence-corrected chi connectivity index (χ4v) is 8.26. The van der Waals surface area contributed by atoms with Crippen LogP contribution in [-0.4, -0.2) is 108 Å². The number of hydrogen-bond donors (Lipinski definition) is 1. The lowest BCUT2D eigenvalue weighted by Crippen LogP contribution is -2.39. The number of hydrogen-bond acceptors (Lipinski definition) is 12. The number of thiazole rings is 2. The number of carboxylic acids is 1. The number of benzene rings is 2. The van der Waals surface area contributed by atoms with Gasteiger partial charge < -0.3 is 38.8 Å². The van der Waals surface area contributed by atoms with Gasteiger partial charge in [-0.3, -0.25) is 0 Å². The van der Waals surface area contributed by atoms with Gasteiger partial charge in [-0.25, -0.2) is 24.4 Å². The Labute approximate surface area is 401 Å². The molecular weight excluding hydrogens is 908 g/mol. The maximum absolute atomic E-state index is 12.3. The number of piperidine rings is 2. The molecule has 1 N–H and O–H groups in total. The van der Waals surface area contributed by atoms with Crippen LogP contribution >= 0.6 is 22.7 Å². The molecule has 0 aliphatic carbocycles. The fourth-order valence-electron chi connectivity index (χ4n) is 7.17. The van der Waals surface area contributed by atoms with Crippen LogP contribution in [0.5, 0.6) is 11.5 Å². The van der Waals surface area contributed by atoms with E-state index in [1.54, 1.807) is 15.9 Å². The number of carbonyl (C=O) groups excluding carboxylic acids is 2. The lowest BCUT2D eigenvalue weighted by atomic mass is 9.80. The van der Waals surface area contributed by atoms with E-state index < -0.39 is 12.1 Å². The summed E-state index contributed by atoms with van der Waals surface area (Å²) in [7, 11) is 4.13. The zero-order chi connectivity index (χ0) is 49.2. The van der Waals surface area contributed by atoms with Crippen molar-refractivity contribution in [2.75, 3.05) is 53.5 Å². The monoisotopic (exact) mass is 975 g/mol. The summed E-state index contributed by atoms with van der Waals surface area (Å²) in [5, 5.41) is 10.9. The molecule has 2 amide bonds. The topological polar surface area (TPSA) is 144 Å². The van der Waals surface area contributed by atoms with Crippen LogP contribution in [-0.2, 0) is 44.9 Å². The fraction of sp³-hybridized carbons (Fsp3) is 0.571. The van der Waals surface area contributed by atoms with Crippen molar-refractivity contribution in [3.63, 3.8) is 0 Å². The van der Waals surface area contributed by atoms with Gasteiger partial charge in [0.15, 0.2) is 0 Å². The normalized spacial score (nSPS) is 14.9. The molecule has 13 nitrogen and oxygen atoms in total. The molecule has 0 unspecified atom stereocenters. The number of aromatic nitrogens is 2. The standard InChI is InChI=1S/C26H38N2O3S.C21H29N3O3S.C2HF3O2/c1-25(2,3)20-13-21(26(4,5)6)15-23(14-20)30-12-9-19-7-10-28(11-8-19)24(29)31-16-22-17-32-18-27-22;1-23(2)13-18-3-5-20(6-4-18)26-12-9-17-7-10-24(11-8-17)21(25)27-14-19-15-28-16-22-19;3-2(4,5)1(6)7/h13-15,17-19H,7-12,16H2,1-6H3;3-6,15-17H,7-14H2,1-2H3;(H,6,7). The molecule has 4 aromatic rings. The molecule has 0 spiro atoms. The Morgan fingerprint density at radius 1 is 0.687 bits per heavy atom. The van der Waals surface area contributed by atoms with Crippen LogP contribution in [0.25, 0.3) is 0 Å². The van der Waals surface area contributed by atoms with Gasteiger partial charge in [-0.2, -0.15) is 13.2 Å². The predicted molar refractivity (Wildman–Crippen MR) is 255 cm³/mol. The molecule has 370 valence electrons. The zero-order valence-corrected chi connectivity index (χ0v) is 41.7. The minimum absolute atomic E-state index is 0.0836. The van der Waals surface area contributed by atoms with Crippen LogP contribution in [0.2, 0.25) is 0 Å². The summed E-state index contributed by atoms with van der Waals surface area (Å²) < 4.78 is 54.6. The molecular formula is C49H68F3N5O8S2. The first-order chi connectivity index (χ1) is 31.6. The van der Waals surface area contributed by atoms with Gasteiger partial charge in [0.05, 0.1) is 35.6 Å². The second kappa shape index (κ2) is 26.0. The number of ether oxygens (including phenoxy) is 4. The Morgan fingerprint density at radius 2 is 1.09 bits per heavy atom. The second-order valence-electron chi connectivity index (χ2n) is 19.1. The minimum atomic E-state index is -5.08. The molecule has 0 radical (unpaired) electrons. The molecule has 2 aromatic carbocycles. The van der Waals surface area contributed by atoms with E-state index in [1.807, 2.05) is 27.8 Å². The highest BCUT2D eigenvalue weighted by Gasteiger charge is 2.38. The summed E-state index contributed by atoms with van der Waals surface area (Å²) in [6, 6.07) is 15.0. The van der Waals surface area contributed by atoms with Gasteiger partial charge in [-0.15, -0.1) is 22.7 Å². The lowest BCUT2D eigenvalue weighted by Gasteiger charge is -2.31. The molecule has 2 fully saturated rings. The van der Waals surface area contributed by atoms with E-state index in [1.165, 1.54) is 39.4 Å². The van der Waals surface area contributed by atoms with Gasteiger partial charge in [0.25, 0.3) is 0 Å². The first-order valence-electron chi connectivity index (χ1n) is 22.6. The Kier molecular flexibility index (Phi) is 21.2. The van der Waals surface area contributed by atoms with Crippen molar-refractivity contribution in [2.45, 2.75) is 117 Å². The third-order valence-corrected chi connectivity index (χ3v) is 12.6. The molecule has 2 aliphatic heterocycles.